The number of benzene rings is 2. The number of hydrogen-bond donors (Lipinski definition) is 2. The van der Waals surface area contributed by atoms with Crippen molar-refractivity contribution in [2.75, 3.05) is 26.8 Å². The molecule has 0 saturated heterocycles. The van der Waals surface area contributed by atoms with Crippen LogP contribution in [0.25, 0.3) is 0 Å². The molecule has 2 aromatic rings. The molecular weight excluding hydrogens is 422 g/mol. The molecular formula is C21H27N3O6S. The van der Waals surface area contributed by atoms with Crippen molar-refractivity contribution in [1.82, 2.24) is 15.2 Å². The number of hydrogen-bond acceptors (Lipinski definition) is 6. The molecule has 0 aliphatic rings. The van der Waals surface area contributed by atoms with Gasteiger partial charge in [0.05, 0.1) is 18.0 Å². The monoisotopic (exact) mass is 449 g/mol. The summed E-state index contributed by atoms with van der Waals surface area (Å²) in [4.78, 5) is 24.1. The molecule has 0 saturated carbocycles. The number of aryl methyl sites for hydroxylation is 1. The Bertz CT molecular complexity index is 992. The van der Waals surface area contributed by atoms with Gasteiger partial charge in [0, 0.05) is 7.05 Å². The number of nitrogens with one attached hydrogen (secondary N) is 2. The minimum absolute atomic E-state index is 0.0785. The molecule has 0 heterocycles. The van der Waals surface area contributed by atoms with Gasteiger partial charge < -0.3 is 9.47 Å². The third-order valence-electron chi connectivity index (χ3n) is 4.11. The van der Waals surface area contributed by atoms with Crippen LogP contribution < -0.4 is 20.3 Å². The molecule has 10 heteroatoms. The Hall–Kier alpha value is -3.11. The zero-order chi connectivity index (χ0) is 22.9. The topological polar surface area (TPSA) is 114 Å². The van der Waals surface area contributed by atoms with Crippen LogP contribution in [-0.2, 0) is 19.6 Å². The number of carbonyl (C=O) groups excluding carboxylic acids is 2. The predicted octanol–water partition coefficient (Wildman–Crippen LogP) is 1.63. The van der Waals surface area contributed by atoms with Gasteiger partial charge in [0.25, 0.3) is 11.8 Å². The molecule has 2 aromatic carbocycles. The van der Waals surface area contributed by atoms with Gasteiger partial charge in [-0.1, -0.05) is 36.8 Å². The van der Waals surface area contributed by atoms with Crippen LogP contribution in [0.15, 0.2) is 53.4 Å². The van der Waals surface area contributed by atoms with Gasteiger partial charge in [0.1, 0.15) is 0 Å². The first kappa shape index (κ1) is 24.2. The molecule has 168 valence electrons. The molecule has 0 aromatic heterocycles. The molecule has 0 aliphatic carbocycles. The van der Waals surface area contributed by atoms with Gasteiger partial charge in [-0.25, -0.2) is 8.42 Å². The highest BCUT2D eigenvalue weighted by atomic mass is 32.2. The van der Waals surface area contributed by atoms with Gasteiger partial charge in [-0.05, 0) is 37.6 Å². The van der Waals surface area contributed by atoms with Crippen molar-refractivity contribution in [1.29, 1.82) is 0 Å². The van der Waals surface area contributed by atoms with Crippen LogP contribution in [-0.4, -0.2) is 51.3 Å². The second-order valence-electron chi connectivity index (χ2n) is 6.75. The van der Waals surface area contributed by atoms with E-state index in [9.17, 15) is 18.0 Å². The molecule has 9 nitrogen and oxygen atoms in total. The van der Waals surface area contributed by atoms with Gasteiger partial charge in [-0.3, -0.25) is 20.4 Å². The summed E-state index contributed by atoms with van der Waals surface area (Å²) in [6.45, 7) is 3.51. The highest BCUT2D eigenvalue weighted by molar-refractivity contribution is 7.89. The summed E-state index contributed by atoms with van der Waals surface area (Å²) in [5.41, 5.74) is 5.29. The van der Waals surface area contributed by atoms with Gasteiger partial charge >= 0.3 is 0 Å². The van der Waals surface area contributed by atoms with Crippen LogP contribution in [0.1, 0.15) is 18.9 Å². The fraction of sp³-hybridized carbons (Fsp3) is 0.333. The maximum absolute atomic E-state index is 12.5. The SMILES string of the molecule is CCCOc1ccccc1OCC(=O)NNC(=O)CN(C)S(=O)(=O)c1ccc(C)cc1. The van der Waals surface area contributed by atoms with Crippen LogP contribution in [0.3, 0.4) is 0 Å². The molecule has 0 radical (unpaired) electrons. The van der Waals surface area contributed by atoms with E-state index in [0.29, 0.717) is 18.1 Å². The van der Waals surface area contributed by atoms with E-state index in [1.165, 1.54) is 19.2 Å². The Labute approximate surface area is 182 Å². The van der Waals surface area contributed by atoms with Crippen molar-refractivity contribution in [3.63, 3.8) is 0 Å². The number of rotatable bonds is 10. The third kappa shape index (κ3) is 7.26. The molecule has 2 N–H and O–H groups in total. The highest BCUT2D eigenvalue weighted by Crippen LogP contribution is 2.26. The second-order valence-corrected chi connectivity index (χ2v) is 8.80. The largest absolute Gasteiger partial charge is 0.490 e. The van der Waals surface area contributed by atoms with Crippen molar-refractivity contribution in [2.45, 2.75) is 25.2 Å². The van der Waals surface area contributed by atoms with E-state index in [1.807, 2.05) is 13.8 Å². The van der Waals surface area contributed by atoms with Crippen molar-refractivity contribution in [3.05, 3.63) is 54.1 Å². The van der Waals surface area contributed by atoms with Crippen LogP contribution in [0.5, 0.6) is 11.5 Å². The highest BCUT2D eigenvalue weighted by Gasteiger charge is 2.23. The van der Waals surface area contributed by atoms with Gasteiger partial charge in [-0.2, -0.15) is 4.31 Å². The number of sulfonamides is 1. The number of para-hydroxylation sites is 2. The van der Waals surface area contributed by atoms with Crippen molar-refractivity contribution >= 4 is 21.8 Å². The second kappa shape index (κ2) is 11.3. The van der Waals surface area contributed by atoms with Gasteiger partial charge in [0.15, 0.2) is 18.1 Å². The fourth-order valence-electron chi connectivity index (χ4n) is 2.44. The van der Waals surface area contributed by atoms with Crippen LogP contribution in [0.2, 0.25) is 0 Å². The quantitative estimate of drug-likeness (QED) is 0.533. The molecule has 0 aliphatic heterocycles. The minimum Gasteiger partial charge on any atom is -0.490 e. The molecule has 0 atom stereocenters. The fourth-order valence-corrected chi connectivity index (χ4v) is 3.56. The number of likely N-dealkylation sites (N-methyl/N-ethyl adjacent to an activating group) is 1. The van der Waals surface area contributed by atoms with E-state index in [-0.39, 0.29) is 11.5 Å². The lowest BCUT2D eigenvalue weighted by Crippen LogP contribution is -2.48. The summed E-state index contributed by atoms with van der Waals surface area (Å²) in [7, 11) is -2.54. The maximum Gasteiger partial charge on any atom is 0.276 e. The Balaban J connectivity index is 1.82. The van der Waals surface area contributed by atoms with Crippen molar-refractivity contribution < 1.29 is 27.5 Å². The minimum atomic E-state index is -3.83. The van der Waals surface area contributed by atoms with Crippen molar-refractivity contribution in [3.8, 4) is 11.5 Å². The average molecular weight is 450 g/mol. The molecule has 2 amide bonds. The molecule has 0 spiro atoms. The smallest absolute Gasteiger partial charge is 0.276 e. The zero-order valence-corrected chi connectivity index (χ0v) is 18.6. The van der Waals surface area contributed by atoms with E-state index in [4.69, 9.17) is 9.47 Å². The summed E-state index contributed by atoms with van der Waals surface area (Å²) < 4.78 is 36.9. The Morgan fingerprint density at radius 2 is 1.52 bits per heavy atom. The first-order valence-electron chi connectivity index (χ1n) is 9.69. The number of hydrazine groups is 1. The average Bonchev–Trinajstić information content (AvgIpc) is 2.75. The van der Waals surface area contributed by atoms with E-state index < -0.39 is 28.4 Å². The lowest BCUT2D eigenvalue weighted by Gasteiger charge is -2.17. The van der Waals surface area contributed by atoms with E-state index in [1.54, 1.807) is 36.4 Å². The van der Waals surface area contributed by atoms with Crippen LogP contribution in [0, 0.1) is 6.92 Å². The predicted molar refractivity (Wildman–Crippen MR) is 115 cm³/mol. The van der Waals surface area contributed by atoms with Gasteiger partial charge in [-0.15, -0.1) is 0 Å². The van der Waals surface area contributed by atoms with Crippen LogP contribution >= 0.6 is 0 Å². The third-order valence-corrected chi connectivity index (χ3v) is 5.92. The van der Waals surface area contributed by atoms with E-state index in [0.717, 1.165) is 16.3 Å². The Morgan fingerprint density at radius 1 is 0.935 bits per heavy atom. The lowest BCUT2D eigenvalue weighted by molar-refractivity contribution is -0.130. The van der Waals surface area contributed by atoms with Gasteiger partial charge in [0.2, 0.25) is 10.0 Å². The normalized spacial score (nSPS) is 11.1. The number of nitrogens with zero attached hydrogens (tertiary/aromatic N) is 1. The summed E-state index contributed by atoms with van der Waals surface area (Å²) in [5.74, 6) is -0.383. The van der Waals surface area contributed by atoms with Crippen LogP contribution in [0.4, 0.5) is 0 Å². The lowest BCUT2D eigenvalue weighted by atomic mass is 10.2. The zero-order valence-electron chi connectivity index (χ0n) is 17.8. The summed E-state index contributed by atoms with van der Waals surface area (Å²) in [6, 6.07) is 13.2. The molecule has 2 rings (SSSR count). The maximum atomic E-state index is 12.5. The van der Waals surface area contributed by atoms with E-state index >= 15 is 0 Å². The Morgan fingerprint density at radius 3 is 2.13 bits per heavy atom. The first-order valence-corrected chi connectivity index (χ1v) is 11.1. The Kier molecular flexibility index (Phi) is 8.83. The number of carbonyl (C=O) groups is 2. The first-order chi connectivity index (χ1) is 14.7. The number of ether oxygens (including phenoxy) is 2. The molecule has 0 bridgehead atoms. The summed E-state index contributed by atoms with van der Waals surface area (Å²) in [5, 5.41) is 0. The molecule has 31 heavy (non-hydrogen) atoms. The van der Waals surface area contributed by atoms with E-state index in [2.05, 4.69) is 10.9 Å². The molecule has 0 fully saturated rings. The summed E-state index contributed by atoms with van der Waals surface area (Å²) in [6.07, 6.45) is 0.828. The molecule has 0 unspecified atom stereocenters. The standard InChI is InChI=1S/C21H27N3O6S/c1-4-13-29-18-7-5-6-8-19(18)30-15-21(26)23-22-20(25)14-24(3)31(27,28)17-11-9-16(2)10-12-17/h5-12H,4,13-15H2,1-3H3,(H,22,25)(H,23,26). The number of amides is 2. The summed E-state index contributed by atoms with van der Waals surface area (Å²) >= 11 is 0. The van der Waals surface area contributed by atoms with Crippen molar-refractivity contribution in [2.24, 2.45) is 0 Å².